The van der Waals surface area contributed by atoms with Gasteiger partial charge in [0.25, 0.3) is 0 Å². The van der Waals surface area contributed by atoms with Gasteiger partial charge in [-0.15, -0.1) is 0 Å². The summed E-state index contributed by atoms with van der Waals surface area (Å²) < 4.78 is 40.0. The molecule has 3 aromatic rings. The summed E-state index contributed by atoms with van der Waals surface area (Å²) >= 11 is 0. The molecule has 30 heavy (non-hydrogen) atoms. The number of carbonyl (C=O) groups is 2. The van der Waals surface area contributed by atoms with Gasteiger partial charge in [0.1, 0.15) is 24.4 Å². The van der Waals surface area contributed by atoms with Crippen LogP contribution in [0.25, 0.3) is 5.69 Å². The number of nitrogens with one attached hydrogen (secondary N) is 1. The number of carbonyl (C=O) groups excluding carboxylic acids is 2. The monoisotopic (exact) mass is 414 g/mol. The van der Waals surface area contributed by atoms with E-state index in [1.165, 1.54) is 29.5 Å². The highest BCUT2D eigenvalue weighted by Crippen LogP contribution is 2.34. The number of amides is 1. The first-order valence-corrected chi connectivity index (χ1v) is 9.25. The number of aromatic nitrogens is 3. The molecule has 4 rings (SSSR count). The maximum Gasteiger partial charge on any atom is 0.416 e. The van der Waals surface area contributed by atoms with Crippen molar-refractivity contribution in [2.45, 2.75) is 18.5 Å². The maximum atomic E-state index is 13.1. The molecule has 0 spiro atoms. The van der Waals surface area contributed by atoms with Gasteiger partial charge in [0.15, 0.2) is 0 Å². The number of ketones is 1. The summed E-state index contributed by atoms with van der Waals surface area (Å²) in [5, 5.41) is 6.74. The van der Waals surface area contributed by atoms with Crippen LogP contribution in [-0.2, 0) is 22.2 Å². The van der Waals surface area contributed by atoms with Crippen LogP contribution in [0.5, 0.6) is 0 Å². The van der Waals surface area contributed by atoms with Gasteiger partial charge in [0.2, 0.25) is 5.91 Å². The molecule has 0 aliphatic carbocycles. The molecule has 0 saturated carbocycles. The van der Waals surface area contributed by atoms with E-state index in [0.29, 0.717) is 16.8 Å². The van der Waals surface area contributed by atoms with E-state index in [1.54, 1.807) is 24.3 Å². The van der Waals surface area contributed by atoms with Crippen molar-refractivity contribution in [3.05, 3.63) is 77.9 Å². The molecule has 1 aliphatic heterocycles. The highest BCUT2D eigenvalue weighted by molar-refractivity contribution is 6.04. The smallest absolute Gasteiger partial charge is 0.355 e. The fourth-order valence-electron chi connectivity index (χ4n) is 3.74. The molecule has 2 heterocycles. The van der Waals surface area contributed by atoms with Crippen molar-refractivity contribution in [3.8, 4) is 5.69 Å². The van der Waals surface area contributed by atoms with Gasteiger partial charge in [0, 0.05) is 18.9 Å². The number of benzene rings is 2. The van der Waals surface area contributed by atoms with Gasteiger partial charge in [-0.1, -0.05) is 30.3 Å². The van der Waals surface area contributed by atoms with Gasteiger partial charge in [0.05, 0.1) is 11.3 Å². The molecule has 0 unspecified atom stereocenters. The molecular formula is C21H17F3N4O2. The van der Waals surface area contributed by atoms with E-state index >= 15 is 0 Å². The van der Waals surface area contributed by atoms with Crippen LogP contribution >= 0.6 is 0 Å². The van der Waals surface area contributed by atoms with E-state index in [1.807, 2.05) is 0 Å². The SMILES string of the molecule is O=C(Cc1ccccc1-n1cncn1)[C@H]1C(=O)NC[C@@H]1c1ccc(C(F)(F)F)cc1. The second-order valence-corrected chi connectivity index (χ2v) is 7.06. The van der Waals surface area contributed by atoms with E-state index in [-0.39, 0.29) is 18.7 Å². The van der Waals surface area contributed by atoms with Crippen LogP contribution in [0.1, 0.15) is 22.6 Å². The minimum Gasteiger partial charge on any atom is -0.355 e. The molecular weight excluding hydrogens is 397 g/mol. The number of Topliss-reactive ketones (excluding diaryl/α,β-unsaturated/α-hetero) is 1. The summed E-state index contributed by atoms with van der Waals surface area (Å²) in [6.07, 6.45) is -1.56. The molecule has 1 aliphatic rings. The quantitative estimate of drug-likeness (QED) is 0.652. The van der Waals surface area contributed by atoms with Gasteiger partial charge in [-0.25, -0.2) is 9.67 Å². The fraction of sp³-hybridized carbons (Fsp3) is 0.238. The van der Waals surface area contributed by atoms with Gasteiger partial charge >= 0.3 is 6.18 Å². The summed E-state index contributed by atoms with van der Waals surface area (Å²) in [6.45, 7) is 0.200. The molecule has 9 heteroatoms. The Morgan fingerprint density at radius 2 is 1.87 bits per heavy atom. The van der Waals surface area contributed by atoms with Crippen LogP contribution in [0, 0.1) is 5.92 Å². The molecule has 1 fully saturated rings. The third kappa shape index (κ3) is 3.83. The van der Waals surface area contributed by atoms with Crippen molar-refractivity contribution in [1.29, 1.82) is 0 Å². The van der Waals surface area contributed by atoms with Gasteiger partial charge < -0.3 is 5.32 Å². The van der Waals surface area contributed by atoms with Gasteiger partial charge in [-0.05, 0) is 29.3 Å². The summed E-state index contributed by atoms with van der Waals surface area (Å²) in [5.74, 6) is -2.21. The zero-order valence-corrected chi connectivity index (χ0v) is 15.6. The average Bonchev–Trinajstić information content (AvgIpc) is 3.38. The second kappa shape index (κ2) is 7.74. The first-order chi connectivity index (χ1) is 14.3. The minimum absolute atomic E-state index is 0.00868. The predicted molar refractivity (Wildman–Crippen MR) is 101 cm³/mol. The van der Waals surface area contributed by atoms with Crippen molar-refractivity contribution < 1.29 is 22.8 Å². The largest absolute Gasteiger partial charge is 0.416 e. The van der Waals surface area contributed by atoms with Crippen molar-refractivity contribution >= 4 is 11.7 Å². The maximum absolute atomic E-state index is 13.1. The molecule has 2 aromatic carbocycles. The minimum atomic E-state index is -4.44. The summed E-state index contributed by atoms with van der Waals surface area (Å²) in [7, 11) is 0. The van der Waals surface area contributed by atoms with Crippen LogP contribution < -0.4 is 5.32 Å². The van der Waals surface area contributed by atoms with E-state index in [0.717, 1.165) is 12.1 Å². The number of rotatable bonds is 5. The third-order valence-electron chi connectivity index (χ3n) is 5.22. The molecule has 0 radical (unpaired) electrons. The lowest BCUT2D eigenvalue weighted by molar-refractivity contribution is -0.137. The van der Waals surface area contributed by atoms with E-state index < -0.39 is 29.5 Å². The topological polar surface area (TPSA) is 76.9 Å². The average molecular weight is 414 g/mol. The van der Waals surface area contributed by atoms with Crippen LogP contribution in [-0.4, -0.2) is 33.0 Å². The molecule has 1 saturated heterocycles. The third-order valence-corrected chi connectivity index (χ3v) is 5.22. The first-order valence-electron chi connectivity index (χ1n) is 9.25. The molecule has 1 amide bonds. The molecule has 1 N–H and O–H groups in total. The Balaban J connectivity index is 1.58. The summed E-state index contributed by atoms with van der Waals surface area (Å²) in [5.41, 5.74) is 1.10. The highest BCUT2D eigenvalue weighted by Gasteiger charge is 2.41. The Hall–Kier alpha value is -3.49. The lowest BCUT2D eigenvalue weighted by Crippen LogP contribution is -2.28. The number of hydrogen-bond acceptors (Lipinski definition) is 4. The molecule has 6 nitrogen and oxygen atoms in total. The van der Waals surface area contributed by atoms with Crippen LogP contribution in [0.15, 0.2) is 61.2 Å². The van der Waals surface area contributed by atoms with Crippen LogP contribution in [0.2, 0.25) is 0 Å². The normalized spacial score (nSPS) is 19.0. The van der Waals surface area contributed by atoms with E-state index in [4.69, 9.17) is 0 Å². The highest BCUT2D eigenvalue weighted by atomic mass is 19.4. The van der Waals surface area contributed by atoms with Crippen molar-refractivity contribution in [2.24, 2.45) is 5.92 Å². The lowest BCUT2D eigenvalue weighted by atomic mass is 9.83. The zero-order chi connectivity index (χ0) is 21.3. The summed E-state index contributed by atoms with van der Waals surface area (Å²) in [4.78, 5) is 29.4. The predicted octanol–water partition coefficient (Wildman–Crippen LogP) is 2.93. The molecule has 154 valence electrons. The number of para-hydroxylation sites is 1. The number of halogens is 3. The van der Waals surface area contributed by atoms with Crippen molar-refractivity contribution in [3.63, 3.8) is 0 Å². The van der Waals surface area contributed by atoms with Crippen LogP contribution in [0.4, 0.5) is 13.2 Å². The standard InChI is InChI=1S/C21H17F3N4O2/c22-21(23,24)15-7-5-13(6-8-15)16-10-26-20(30)19(16)18(29)9-14-3-1-2-4-17(14)28-12-25-11-27-28/h1-8,11-12,16,19H,9-10H2,(H,26,30)/t16-,19+/m1/s1. The second-order valence-electron chi connectivity index (χ2n) is 7.06. The Kier molecular flexibility index (Phi) is 5.11. The Bertz CT molecular complexity index is 1060. The van der Waals surface area contributed by atoms with E-state index in [9.17, 15) is 22.8 Å². The molecule has 0 bridgehead atoms. The Morgan fingerprint density at radius 3 is 2.53 bits per heavy atom. The van der Waals surface area contributed by atoms with Gasteiger partial charge in [-0.3, -0.25) is 9.59 Å². The first kappa shape index (κ1) is 19.8. The summed E-state index contributed by atoms with van der Waals surface area (Å²) in [6, 6.07) is 11.8. The van der Waals surface area contributed by atoms with Gasteiger partial charge in [-0.2, -0.15) is 18.3 Å². The number of nitrogens with zero attached hydrogens (tertiary/aromatic N) is 3. The number of alkyl halides is 3. The van der Waals surface area contributed by atoms with Crippen molar-refractivity contribution in [1.82, 2.24) is 20.1 Å². The van der Waals surface area contributed by atoms with Crippen LogP contribution in [0.3, 0.4) is 0 Å². The number of hydrogen-bond donors (Lipinski definition) is 1. The zero-order valence-electron chi connectivity index (χ0n) is 15.6. The Morgan fingerprint density at radius 1 is 1.13 bits per heavy atom. The molecule has 1 aromatic heterocycles. The molecule has 2 atom stereocenters. The lowest BCUT2D eigenvalue weighted by Gasteiger charge is -2.18. The van der Waals surface area contributed by atoms with E-state index in [2.05, 4.69) is 15.4 Å². The van der Waals surface area contributed by atoms with Crippen molar-refractivity contribution in [2.75, 3.05) is 6.54 Å². The Labute approximate surface area is 169 Å². The fourth-order valence-corrected chi connectivity index (χ4v) is 3.74.